The fourth-order valence-electron chi connectivity index (χ4n) is 1.65. The van der Waals surface area contributed by atoms with Crippen molar-refractivity contribution in [2.45, 2.75) is 12.5 Å². The largest absolute Gasteiger partial charge is 0.386 e. The maximum absolute atomic E-state index is 11.7. The number of likely N-dealkylation sites (tertiary alicyclic amines) is 1. The van der Waals surface area contributed by atoms with Crippen molar-refractivity contribution < 1.29 is 9.90 Å². The fourth-order valence-corrected chi connectivity index (χ4v) is 1.65. The molecule has 2 rings (SSSR count). The molecule has 0 atom stereocenters. The smallest absolute Gasteiger partial charge is 0.255 e. The minimum absolute atomic E-state index is 0.169. The number of carbonyl (C=O) groups is 1. The highest BCUT2D eigenvalue weighted by molar-refractivity contribution is 5.94. The number of aliphatic hydroxyl groups is 1. The molecule has 1 aliphatic rings. The summed E-state index contributed by atoms with van der Waals surface area (Å²) < 4.78 is 0. The number of amides is 1. The molecule has 2 heterocycles. The van der Waals surface area contributed by atoms with E-state index in [-0.39, 0.29) is 11.5 Å². The molecule has 1 aromatic rings. The summed E-state index contributed by atoms with van der Waals surface area (Å²) in [6.45, 7) is 2.36. The van der Waals surface area contributed by atoms with Crippen LogP contribution < -0.4 is 5.56 Å². The Morgan fingerprint density at radius 3 is 2.67 bits per heavy atom. The van der Waals surface area contributed by atoms with Gasteiger partial charge in [0.05, 0.1) is 24.3 Å². The zero-order chi connectivity index (χ0) is 11.1. The Bertz CT molecular complexity index is 422. The molecule has 0 bridgehead atoms. The number of nitrogens with one attached hydrogen (secondary N) is 1. The molecule has 5 heteroatoms. The molecule has 0 spiro atoms. The highest BCUT2D eigenvalue weighted by Crippen LogP contribution is 2.21. The normalized spacial score (nSPS) is 18.4. The van der Waals surface area contributed by atoms with Gasteiger partial charge in [0, 0.05) is 12.3 Å². The van der Waals surface area contributed by atoms with Gasteiger partial charge in [-0.3, -0.25) is 9.59 Å². The van der Waals surface area contributed by atoms with E-state index in [9.17, 15) is 14.7 Å². The van der Waals surface area contributed by atoms with Gasteiger partial charge < -0.3 is 15.0 Å². The average molecular weight is 208 g/mol. The maximum Gasteiger partial charge on any atom is 0.255 e. The topological polar surface area (TPSA) is 73.4 Å². The summed E-state index contributed by atoms with van der Waals surface area (Å²) in [5.74, 6) is -0.169. The summed E-state index contributed by atoms with van der Waals surface area (Å²) >= 11 is 0. The van der Waals surface area contributed by atoms with Crippen LogP contribution in [0.25, 0.3) is 0 Å². The lowest BCUT2D eigenvalue weighted by molar-refractivity contribution is -0.0668. The Morgan fingerprint density at radius 2 is 2.20 bits per heavy atom. The van der Waals surface area contributed by atoms with Crippen LogP contribution in [0.1, 0.15) is 17.3 Å². The number of H-pyrrole nitrogens is 1. The van der Waals surface area contributed by atoms with Gasteiger partial charge in [-0.05, 0) is 13.0 Å². The molecule has 15 heavy (non-hydrogen) atoms. The Hall–Kier alpha value is -1.62. The second kappa shape index (κ2) is 3.20. The van der Waals surface area contributed by atoms with Crippen molar-refractivity contribution in [3.63, 3.8) is 0 Å². The summed E-state index contributed by atoms with van der Waals surface area (Å²) in [6.07, 6.45) is 1.39. The second-order valence-electron chi connectivity index (χ2n) is 4.10. The number of hydrogen-bond donors (Lipinski definition) is 2. The molecular formula is C10H12N2O3. The summed E-state index contributed by atoms with van der Waals surface area (Å²) in [7, 11) is 0. The van der Waals surface area contributed by atoms with Gasteiger partial charge in [-0.1, -0.05) is 0 Å². The molecule has 0 aliphatic carbocycles. The lowest BCUT2D eigenvalue weighted by Crippen LogP contribution is -2.61. The first-order valence-electron chi connectivity index (χ1n) is 4.68. The minimum Gasteiger partial charge on any atom is -0.386 e. The molecule has 0 unspecified atom stereocenters. The van der Waals surface area contributed by atoms with Crippen LogP contribution in [0.3, 0.4) is 0 Å². The van der Waals surface area contributed by atoms with E-state index in [1.165, 1.54) is 23.2 Å². The second-order valence-corrected chi connectivity index (χ2v) is 4.10. The van der Waals surface area contributed by atoms with Gasteiger partial charge >= 0.3 is 0 Å². The third-order valence-corrected chi connectivity index (χ3v) is 2.38. The Balaban J connectivity index is 2.10. The summed E-state index contributed by atoms with van der Waals surface area (Å²) in [5.41, 5.74) is -0.565. The first-order chi connectivity index (χ1) is 6.98. The lowest BCUT2D eigenvalue weighted by Gasteiger charge is -2.44. The van der Waals surface area contributed by atoms with Gasteiger partial charge in [-0.2, -0.15) is 0 Å². The molecule has 1 aliphatic heterocycles. The third-order valence-electron chi connectivity index (χ3n) is 2.38. The molecule has 0 saturated carbocycles. The van der Waals surface area contributed by atoms with Gasteiger partial charge in [0.25, 0.3) is 5.91 Å². The third kappa shape index (κ3) is 1.92. The van der Waals surface area contributed by atoms with Crippen LogP contribution in [0.2, 0.25) is 0 Å². The summed E-state index contributed by atoms with van der Waals surface area (Å²) in [6, 6.07) is 2.79. The van der Waals surface area contributed by atoms with Crippen molar-refractivity contribution in [2.75, 3.05) is 13.1 Å². The molecule has 1 saturated heterocycles. The predicted octanol–water partition coefficient (Wildman–Crippen LogP) is -0.418. The molecule has 1 aromatic heterocycles. The van der Waals surface area contributed by atoms with Crippen molar-refractivity contribution in [3.05, 3.63) is 34.2 Å². The number of nitrogens with zero attached hydrogens (tertiary/aromatic N) is 1. The molecule has 0 radical (unpaired) electrons. The minimum atomic E-state index is -0.766. The highest BCUT2D eigenvalue weighted by Gasteiger charge is 2.39. The number of hydrogen-bond acceptors (Lipinski definition) is 3. The van der Waals surface area contributed by atoms with Gasteiger partial charge in [0.1, 0.15) is 0 Å². The van der Waals surface area contributed by atoms with Crippen LogP contribution >= 0.6 is 0 Å². The van der Waals surface area contributed by atoms with Crippen LogP contribution in [0, 0.1) is 0 Å². The van der Waals surface area contributed by atoms with Gasteiger partial charge in [0.15, 0.2) is 0 Å². The molecule has 5 nitrogen and oxygen atoms in total. The molecule has 1 fully saturated rings. The van der Waals surface area contributed by atoms with E-state index >= 15 is 0 Å². The highest BCUT2D eigenvalue weighted by atomic mass is 16.3. The first-order valence-corrected chi connectivity index (χ1v) is 4.68. The van der Waals surface area contributed by atoms with Crippen LogP contribution in [0.15, 0.2) is 23.1 Å². The zero-order valence-corrected chi connectivity index (χ0v) is 8.36. The number of β-amino-alcohol motifs (C(OH)–C–C–N with tert-alkyl or cyclic N) is 1. The van der Waals surface area contributed by atoms with Crippen molar-refractivity contribution in [1.29, 1.82) is 0 Å². The van der Waals surface area contributed by atoms with E-state index in [0.717, 1.165) is 0 Å². The van der Waals surface area contributed by atoms with E-state index in [4.69, 9.17) is 0 Å². The van der Waals surface area contributed by atoms with E-state index in [2.05, 4.69) is 4.98 Å². The van der Waals surface area contributed by atoms with Gasteiger partial charge in [-0.15, -0.1) is 0 Å². The molecule has 2 N–H and O–H groups in total. The Morgan fingerprint density at radius 1 is 1.53 bits per heavy atom. The monoisotopic (exact) mass is 208 g/mol. The van der Waals surface area contributed by atoms with Crippen LogP contribution in [-0.4, -0.2) is 39.6 Å². The van der Waals surface area contributed by atoms with Crippen LogP contribution in [-0.2, 0) is 0 Å². The van der Waals surface area contributed by atoms with Gasteiger partial charge in [-0.25, -0.2) is 0 Å². The number of rotatable bonds is 1. The predicted molar refractivity (Wildman–Crippen MR) is 53.6 cm³/mol. The number of carbonyl (C=O) groups excluding carboxylic acids is 1. The fraction of sp³-hybridized carbons (Fsp3) is 0.400. The van der Waals surface area contributed by atoms with Crippen LogP contribution in [0.5, 0.6) is 0 Å². The van der Waals surface area contributed by atoms with Crippen molar-refractivity contribution in [1.82, 2.24) is 9.88 Å². The average Bonchev–Trinajstić information content (AvgIpc) is 2.14. The van der Waals surface area contributed by atoms with E-state index in [1.54, 1.807) is 6.92 Å². The lowest BCUT2D eigenvalue weighted by atomic mass is 9.96. The Kier molecular flexibility index (Phi) is 2.12. The number of aromatic nitrogens is 1. The first kappa shape index (κ1) is 9.92. The van der Waals surface area contributed by atoms with Crippen molar-refractivity contribution >= 4 is 5.91 Å². The summed E-state index contributed by atoms with van der Waals surface area (Å²) in [5, 5.41) is 9.47. The Labute approximate surface area is 86.3 Å². The standard InChI is InChI=1S/C10H12N2O3/c1-10(15)5-12(6-10)9(14)7-2-3-8(13)11-4-7/h2-4,15H,5-6H2,1H3,(H,11,13). The zero-order valence-electron chi connectivity index (χ0n) is 8.36. The van der Waals surface area contributed by atoms with E-state index in [0.29, 0.717) is 18.7 Å². The molecule has 1 amide bonds. The molecular weight excluding hydrogens is 196 g/mol. The SMILES string of the molecule is CC1(O)CN(C(=O)c2ccc(=O)[nH]c2)C1. The van der Waals surface area contributed by atoms with Crippen molar-refractivity contribution in [3.8, 4) is 0 Å². The van der Waals surface area contributed by atoms with E-state index < -0.39 is 5.60 Å². The number of pyridine rings is 1. The van der Waals surface area contributed by atoms with E-state index in [1.807, 2.05) is 0 Å². The quantitative estimate of drug-likeness (QED) is 0.658. The summed E-state index contributed by atoms with van der Waals surface area (Å²) in [4.78, 5) is 26.5. The molecule has 0 aromatic carbocycles. The molecule has 80 valence electrons. The van der Waals surface area contributed by atoms with Crippen molar-refractivity contribution in [2.24, 2.45) is 0 Å². The number of aromatic amines is 1. The maximum atomic E-state index is 11.7. The van der Waals surface area contributed by atoms with Gasteiger partial charge in [0.2, 0.25) is 5.56 Å². The van der Waals surface area contributed by atoms with Crippen LogP contribution in [0.4, 0.5) is 0 Å².